The lowest BCUT2D eigenvalue weighted by Gasteiger charge is -2.46. The Kier molecular flexibility index (Phi) is 5.43. The molecule has 2 aliphatic rings. The van der Waals surface area contributed by atoms with E-state index in [1.807, 2.05) is 6.92 Å². The molecule has 0 spiro atoms. The van der Waals surface area contributed by atoms with E-state index in [9.17, 15) is 5.11 Å². The number of benzene rings is 1. The van der Waals surface area contributed by atoms with E-state index in [0.29, 0.717) is 31.0 Å². The van der Waals surface area contributed by atoms with Crippen molar-refractivity contribution in [3.8, 4) is 6.01 Å². The number of aliphatic hydroxyl groups is 1. The number of aromatic nitrogens is 2. The van der Waals surface area contributed by atoms with Gasteiger partial charge in [-0.3, -0.25) is 4.90 Å². The van der Waals surface area contributed by atoms with Gasteiger partial charge < -0.3 is 14.4 Å². The number of hydrogen-bond acceptors (Lipinski definition) is 6. The van der Waals surface area contributed by atoms with Gasteiger partial charge in [-0.1, -0.05) is 31.2 Å². The molecule has 7 heteroatoms. The highest BCUT2D eigenvalue weighted by molar-refractivity contribution is 5.27. The summed E-state index contributed by atoms with van der Waals surface area (Å²) >= 11 is 0. The van der Waals surface area contributed by atoms with Crippen LogP contribution in [0.4, 0.5) is 0 Å². The Bertz CT molecular complexity index is 748. The van der Waals surface area contributed by atoms with Gasteiger partial charge in [-0.25, -0.2) is 5.32 Å². The van der Waals surface area contributed by atoms with Gasteiger partial charge in [0, 0.05) is 19.6 Å². The Morgan fingerprint density at radius 3 is 2.59 bits per heavy atom. The molecule has 1 radical (unpaired) electrons. The molecule has 145 valence electrons. The SMILES string of the molecule is CCOc1noc(C2CC(c3ccc(CC)cc3)CN(C3[N]CC3O)C2)n1. The van der Waals surface area contributed by atoms with Gasteiger partial charge in [0.15, 0.2) is 0 Å². The number of aliphatic hydroxyl groups excluding tert-OH is 1. The average molecular weight is 371 g/mol. The highest BCUT2D eigenvalue weighted by Gasteiger charge is 2.41. The lowest BCUT2D eigenvalue weighted by Crippen LogP contribution is -2.63. The summed E-state index contributed by atoms with van der Waals surface area (Å²) in [5, 5.41) is 18.5. The zero-order valence-electron chi connectivity index (χ0n) is 15.9. The fourth-order valence-electron chi connectivity index (χ4n) is 4.02. The maximum atomic E-state index is 10.1. The van der Waals surface area contributed by atoms with Crippen LogP contribution in [0.1, 0.15) is 49.1 Å². The summed E-state index contributed by atoms with van der Waals surface area (Å²) in [4.78, 5) is 6.67. The molecule has 0 amide bonds. The van der Waals surface area contributed by atoms with Crippen molar-refractivity contribution in [2.45, 2.75) is 50.8 Å². The normalized spacial score (nSPS) is 28.7. The number of aryl methyl sites for hydroxylation is 1. The number of ether oxygens (including phenoxy) is 1. The molecule has 2 saturated heterocycles. The number of likely N-dealkylation sites (tertiary alicyclic amines) is 1. The lowest BCUT2D eigenvalue weighted by molar-refractivity contribution is -0.0487. The first-order chi connectivity index (χ1) is 13.2. The van der Waals surface area contributed by atoms with E-state index >= 15 is 0 Å². The van der Waals surface area contributed by atoms with Crippen molar-refractivity contribution in [1.29, 1.82) is 0 Å². The molecular formula is C20H27N4O3. The lowest BCUT2D eigenvalue weighted by atomic mass is 9.83. The summed E-state index contributed by atoms with van der Waals surface area (Å²) in [5.74, 6) is 1.03. The van der Waals surface area contributed by atoms with Crippen LogP contribution in [-0.4, -0.2) is 58.7 Å². The molecule has 0 bridgehead atoms. The molecule has 1 aromatic heterocycles. The minimum atomic E-state index is -0.381. The molecule has 0 aliphatic carbocycles. The van der Waals surface area contributed by atoms with Crippen LogP contribution in [0.5, 0.6) is 6.01 Å². The molecule has 7 nitrogen and oxygen atoms in total. The van der Waals surface area contributed by atoms with E-state index in [1.165, 1.54) is 11.1 Å². The van der Waals surface area contributed by atoms with E-state index in [1.54, 1.807) is 0 Å². The molecule has 1 N–H and O–H groups in total. The molecular weight excluding hydrogens is 344 g/mol. The zero-order chi connectivity index (χ0) is 18.8. The van der Waals surface area contributed by atoms with Gasteiger partial charge in [0.25, 0.3) is 0 Å². The monoisotopic (exact) mass is 371 g/mol. The zero-order valence-corrected chi connectivity index (χ0v) is 15.9. The minimum Gasteiger partial charge on any atom is -0.462 e. The Labute approximate surface area is 159 Å². The summed E-state index contributed by atoms with van der Waals surface area (Å²) < 4.78 is 10.8. The van der Waals surface area contributed by atoms with Crippen molar-refractivity contribution in [1.82, 2.24) is 20.4 Å². The Hall–Kier alpha value is -1.96. The predicted octanol–water partition coefficient (Wildman–Crippen LogP) is 1.91. The van der Waals surface area contributed by atoms with E-state index in [0.717, 1.165) is 25.9 Å². The van der Waals surface area contributed by atoms with Gasteiger partial charge in [0.2, 0.25) is 5.89 Å². The third kappa shape index (κ3) is 3.85. The van der Waals surface area contributed by atoms with Gasteiger partial charge in [0.1, 0.15) is 6.17 Å². The van der Waals surface area contributed by atoms with Gasteiger partial charge in [-0.15, -0.1) is 0 Å². The molecule has 4 unspecified atom stereocenters. The van der Waals surface area contributed by atoms with Crippen molar-refractivity contribution in [3.63, 3.8) is 0 Å². The molecule has 1 aromatic carbocycles. The highest BCUT2D eigenvalue weighted by atomic mass is 16.5. The summed E-state index contributed by atoms with van der Waals surface area (Å²) in [6, 6.07) is 9.13. The van der Waals surface area contributed by atoms with Crippen LogP contribution in [0, 0.1) is 0 Å². The molecule has 4 rings (SSSR count). The van der Waals surface area contributed by atoms with Crippen LogP contribution < -0.4 is 10.1 Å². The van der Waals surface area contributed by atoms with Crippen molar-refractivity contribution >= 4 is 0 Å². The van der Waals surface area contributed by atoms with Crippen molar-refractivity contribution in [3.05, 3.63) is 41.3 Å². The minimum absolute atomic E-state index is 0.0966. The third-order valence-electron chi connectivity index (χ3n) is 5.58. The number of piperidine rings is 1. The summed E-state index contributed by atoms with van der Waals surface area (Å²) in [7, 11) is 0. The molecule has 2 aromatic rings. The Morgan fingerprint density at radius 2 is 1.96 bits per heavy atom. The van der Waals surface area contributed by atoms with Crippen molar-refractivity contribution in [2.75, 3.05) is 26.2 Å². The van der Waals surface area contributed by atoms with Crippen molar-refractivity contribution < 1.29 is 14.4 Å². The van der Waals surface area contributed by atoms with Gasteiger partial charge in [-0.05, 0) is 42.0 Å². The van der Waals surface area contributed by atoms with E-state index in [2.05, 4.69) is 51.5 Å². The Balaban J connectivity index is 1.56. The summed E-state index contributed by atoms with van der Waals surface area (Å²) in [6.45, 7) is 6.72. The second-order valence-corrected chi connectivity index (χ2v) is 7.37. The smallest absolute Gasteiger partial charge is 0.354 e. The van der Waals surface area contributed by atoms with Crippen LogP contribution in [0.2, 0.25) is 0 Å². The van der Waals surface area contributed by atoms with Gasteiger partial charge in [-0.2, -0.15) is 4.98 Å². The second-order valence-electron chi connectivity index (χ2n) is 7.37. The molecule has 2 aliphatic heterocycles. The first kappa shape index (κ1) is 18.4. The van der Waals surface area contributed by atoms with E-state index in [-0.39, 0.29) is 18.2 Å². The predicted molar refractivity (Wildman–Crippen MR) is 99.8 cm³/mol. The van der Waals surface area contributed by atoms with Crippen molar-refractivity contribution in [2.24, 2.45) is 0 Å². The molecule has 3 heterocycles. The fourth-order valence-corrected chi connectivity index (χ4v) is 4.02. The van der Waals surface area contributed by atoms with Crippen LogP contribution >= 0.6 is 0 Å². The van der Waals surface area contributed by atoms with Crippen LogP contribution in [0.25, 0.3) is 0 Å². The topological polar surface area (TPSA) is 85.7 Å². The maximum absolute atomic E-state index is 10.1. The summed E-state index contributed by atoms with van der Waals surface area (Å²) in [6.07, 6.45) is 1.46. The molecule has 4 atom stereocenters. The van der Waals surface area contributed by atoms with Crippen LogP contribution in [0.3, 0.4) is 0 Å². The third-order valence-corrected chi connectivity index (χ3v) is 5.58. The largest absolute Gasteiger partial charge is 0.462 e. The van der Waals surface area contributed by atoms with E-state index < -0.39 is 0 Å². The van der Waals surface area contributed by atoms with Gasteiger partial charge in [0.05, 0.1) is 18.6 Å². The maximum Gasteiger partial charge on any atom is 0.354 e. The molecule has 2 fully saturated rings. The highest BCUT2D eigenvalue weighted by Crippen LogP contribution is 2.37. The molecule has 27 heavy (non-hydrogen) atoms. The molecule has 0 saturated carbocycles. The van der Waals surface area contributed by atoms with Gasteiger partial charge >= 0.3 is 6.01 Å². The fraction of sp³-hybridized carbons (Fsp3) is 0.600. The van der Waals surface area contributed by atoms with E-state index in [4.69, 9.17) is 9.26 Å². The van der Waals surface area contributed by atoms with Crippen LogP contribution in [-0.2, 0) is 6.42 Å². The number of nitrogens with zero attached hydrogens (tertiary/aromatic N) is 4. The van der Waals surface area contributed by atoms with Crippen LogP contribution in [0.15, 0.2) is 28.8 Å². The number of hydrogen-bond donors (Lipinski definition) is 1. The first-order valence-corrected chi connectivity index (χ1v) is 9.81. The first-order valence-electron chi connectivity index (χ1n) is 9.81. The quantitative estimate of drug-likeness (QED) is 0.835. The summed E-state index contributed by atoms with van der Waals surface area (Å²) in [5.41, 5.74) is 2.64. The number of rotatable bonds is 6. The average Bonchev–Trinajstić information content (AvgIpc) is 3.16. The standard InChI is InChI=1S/C20H27N4O3/c1-3-13-5-7-14(8-6-13)15-9-16(19-22-20(23-27-19)26-4-2)12-24(11-15)18-17(25)10-21-18/h5-8,15-18,25H,3-4,9-12H2,1-2H3. The second kappa shape index (κ2) is 7.96. The Morgan fingerprint density at radius 1 is 1.19 bits per heavy atom.